The molecule has 0 spiro atoms. The topological polar surface area (TPSA) is 44.4 Å². The zero-order valence-electron chi connectivity index (χ0n) is 14.7. The maximum absolute atomic E-state index is 13.7. The summed E-state index contributed by atoms with van der Waals surface area (Å²) in [5, 5.41) is 6.86. The van der Waals surface area contributed by atoms with Gasteiger partial charge in [-0.3, -0.25) is 4.79 Å². The number of benzene rings is 2. The zero-order valence-corrected chi connectivity index (χ0v) is 15.5. The average molecular weight is 371 g/mol. The number of amides is 1. The highest BCUT2D eigenvalue weighted by Crippen LogP contribution is 2.15. The van der Waals surface area contributed by atoms with Crippen LogP contribution in [-0.2, 0) is 0 Å². The molecule has 0 aliphatic carbocycles. The highest BCUT2D eigenvalue weighted by molar-refractivity contribution is 7.80. The standard InChI is InChI=1S/C20H22FN3OS/c1-14-6-8-15(9-7-14)23-20(26)24-12-10-16(11-13-24)22-19(25)17-4-2-3-5-18(17)21/h2-9,16H,10-13H2,1H3,(H,22,25)(H,23,26). The third kappa shape index (κ3) is 4.58. The Bertz CT molecular complexity index is 786. The molecule has 1 aliphatic rings. The fraction of sp³-hybridized carbons (Fsp3) is 0.300. The molecule has 0 atom stereocenters. The van der Waals surface area contributed by atoms with E-state index in [9.17, 15) is 9.18 Å². The van der Waals surface area contributed by atoms with Crippen LogP contribution in [0.1, 0.15) is 28.8 Å². The number of nitrogens with one attached hydrogen (secondary N) is 2. The van der Waals surface area contributed by atoms with Gasteiger partial charge < -0.3 is 15.5 Å². The summed E-state index contributed by atoms with van der Waals surface area (Å²) in [5.41, 5.74) is 2.26. The SMILES string of the molecule is Cc1ccc(NC(=S)N2CCC(NC(=O)c3ccccc3F)CC2)cc1. The minimum Gasteiger partial charge on any atom is -0.349 e. The van der Waals surface area contributed by atoms with Crippen molar-refractivity contribution in [1.29, 1.82) is 0 Å². The van der Waals surface area contributed by atoms with Crippen molar-refractivity contribution in [3.8, 4) is 0 Å². The molecular formula is C20H22FN3OS. The van der Waals surface area contributed by atoms with Crippen LogP contribution in [0.4, 0.5) is 10.1 Å². The lowest BCUT2D eigenvalue weighted by atomic mass is 10.0. The molecular weight excluding hydrogens is 349 g/mol. The summed E-state index contributed by atoms with van der Waals surface area (Å²) in [4.78, 5) is 14.3. The number of hydrogen-bond acceptors (Lipinski definition) is 2. The van der Waals surface area contributed by atoms with Gasteiger partial charge in [0.05, 0.1) is 5.56 Å². The van der Waals surface area contributed by atoms with Crippen molar-refractivity contribution >= 4 is 28.9 Å². The number of halogens is 1. The molecule has 136 valence electrons. The van der Waals surface area contributed by atoms with E-state index < -0.39 is 5.82 Å². The van der Waals surface area contributed by atoms with Crippen LogP contribution in [0.5, 0.6) is 0 Å². The van der Waals surface area contributed by atoms with Crippen molar-refractivity contribution in [3.05, 3.63) is 65.5 Å². The Balaban J connectivity index is 1.49. The van der Waals surface area contributed by atoms with Crippen LogP contribution in [0.3, 0.4) is 0 Å². The number of likely N-dealkylation sites (tertiary alicyclic amines) is 1. The first kappa shape index (κ1) is 18.3. The number of nitrogens with zero attached hydrogens (tertiary/aromatic N) is 1. The molecule has 0 bridgehead atoms. The maximum atomic E-state index is 13.7. The van der Waals surface area contributed by atoms with Gasteiger partial charge in [-0.25, -0.2) is 4.39 Å². The van der Waals surface area contributed by atoms with Crippen LogP contribution < -0.4 is 10.6 Å². The summed E-state index contributed by atoms with van der Waals surface area (Å²) >= 11 is 5.49. The molecule has 1 fully saturated rings. The first-order valence-electron chi connectivity index (χ1n) is 8.71. The number of piperidine rings is 1. The molecule has 26 heavy (non-hydrogen) atoms. The first-order valence-corrected chi connectivity index (χ1v) is 9.12. The van der Waals surface area contributed by atoms with Gasteiger partial charge in [-0.05, 0) is 56.2 Å². The van der Waals surface area contributed by atoms with Crippen LogP contribution >= 0.6 is 12.2 Å². The van der Waals surface area contributed by atoms with Crippen molar-refractivity contribution < 1.29 is 9.18 Å². The van der Waals surface area contributed by atoms with E-state index in [-0.39, 0.29) is 17.5 Å². The molecule has 0 radical (unpaired) electrons. The Morgan fingerprint density at radius 2 is 1.77 bits per heavy atom. The van der Waals surface area contributed by atoms with E-state index in [1.807, 2.05) is 31.2 Å². The second kappa shape index (κ2) is 8.27. The van der Waals surface area contributed by atoms with Crippen LogP contribution in [0.15, 0.2) is 48.5 Å². The number of aryl methyl sites for hydroxylation is 1. The minimum atomic E-state index is -0.495. The third-order valence-electron chi connectivity index (χ3n) is 4.54. The monoisotopic (exact) mass is 371 g/mol. The number of carbonyl (C=O) groups excluding carboxylic acids is 1. The van der Waals surface area contributed by atoms with Gasteiger partial charge in [0.1, 0.15) is 5.82 Å². The molecule has 2 aromatic rings. The highest BCUT2D eigenvalue weighted by Gasteiger charge is 2.23. The number of thiocarbonyl (C=S) groups is 1. The third-order valence-corrected chi connectivity index (χ3v) is 4.90. The fourth-order valence-corrected chi connectivity index (χ4v) is 3.28. The molecule has 1 aliphatic heterocycles. The summed E-state index contributed by atoms with van der Waals surface area (Å²) in [5.74, 6) is -0.854. The van der Waals surface area contributed by atoms with E-state index in [1.54, 1.807) is 12.1 Å². The smallest absolute Gasteiger partial charge is 0.254 e. The Morgan fingerprint density at radius 3 is 2.42 bits per heavy atom. The number of anilines is 1. The number of hydrogen-bond donors (Lipinski definition) is 2. The molecule has 0 saturated carbocycles. The molecule has 2 N–H and O–H groups in total. The van der Waals surface area contributed by atoms with E-state index in [0.717, 1.165) is 31.6 Å². The lowest BCUT2D eigenvalue weighted by Crippen LogP contribution is -2.47. The Hall–Kier alpha value is -2.47. The van der Waals surface area contributed by atoms with Gasteiger partial charge in [-0.1, -0.05) is 29.8 Å². The lowest BCUT2D eigenvalue weighted by Gasteiger charge is -2.34. The largest absolute Gasteiger partial charge is 0.349 e. The van der Waals surface area contributed by atoms with Gasteiger partial charge in [0.15, 0.2) is 5.11 Å². The predicted molar refractivity (Wildman–Crippen MR) is 106 cm³/mol. The van der Waals surface area contributed by atoms with Crippen LogP contribution in [0, 0.1) is 12.7 Å². The van der Waals surface area contributed by atoms with Gasteiger partial charge >= 0.3 is 0 Å². The quantitative estimate of drug-likeness (QED) is 0.807. The van der Waals surface area contributed by atoms with Gasteiger partial charge in [0.25, 0.3) is 5.91 Å². The van der Waals surface area contributed by atoms with E-state index in [4.69, 9.17) is 12.2 Å². The average Bonchev–Trinajstić information content (AvgIpc) is 2.64. The molecule has 1 saturated heterocycles. The second-order valence-electron chi connectivity index (χ2n) is 6.51. The second-order valence-corrected chi connectivity index (χ2v) is 6.90. The minimum absolute atomic E-state index is 0.0283. The zero-order chi connectivity index (χ0) is 18.5. The van der Waals surface area contributed by atoms with Crippen molar-refractivity contribution in [2.45, 2.75) is 25.8 Å². The molecule has 0 unspecified atom stereocenters. The Kier molecular flexibility index (Phi) is 5.83. The number of rotatable bonds is 3. The Morgan fingerprint density at radius 1 is 1.12 bits per heavy atom. The molecule has 1 amide bonds. The molecule has 0 aromatic heterocycles. The Labute approximate surface area is 158 Å². The van der Waals surface area contributed by atoms with Crippen molar-refractivity contribution in [2.24, 2.45) is 0 Å². The van der Waals surface area contributed by atoms with E-state index in [2.05, 4.69) is 15.5 Å². The van der Waals surface area contributed by atoms with Crippen molar-refractivity contribution in [1.82, 2.24) is 10.2 Å². The van der Waals surface area contributed by atoms with E-state index >= 15 is 0 Å². The molecule has 3 rings (SSSR count). The summed E-state index contributed by atoms with van der Waals surface area (Å²) in [6, 6.07) is 14.1. The predicted octanol–water partition coefficient (Wildman–Crippen LogP) is 3.73. The van der Waals surface area contributed by atoms with Crippen molar-refractivity contribution in [2.75, 3.05) is 18.4 Å². The fourth-order valence-electron chi connectivity index (χ4n) is 2.97. The van der Waals surface area contributed by atoms with Gasteiger partial charge in [0.2, 0.25) is 0 Å². The van der Waals surface area contributed by atoms with E-state index in [0.29, 0.717) is 5.11 Å². The number of carbonyl (C=O) groups is 1. The summed E-state index contributed by atoms with van der Waals surface area (Å²) in [7, 11) is 0. The summed E-state index contributed by atoms with van der Waals surface area (Å²) in [6.45, 7) is 3.54. The molecule has 2 aromatic carbocycles. The van der Waals surface area contributed by atoms with Crippen molar-refractivity contribution in [3.63, 3.8) is 0 Å². The van der Waals surface area contributed by atoms with Crippen LogP contribution in [-0.4, -0.2) is 35.1 Å². The van der Waals surface area contributed by atoms with Gasteiger partial charge in [-0.15, -0.1) is 0 Å². The molecule has 4 nitrogen and oxygen atoms in total. The normalized spacial score (nSPS) is 14.8. The van der Waals surface area contributed by atoms with Crippen LogP contribution in [0.25, 0.3) is 0 Å². The highest BCUT2D eigenvalue weighted by atomic mass is 32.1. The van der Waals surface area contributed by atoms with Crippen LogP contribution in [0.2, 0.25) is 0 Å². The van der Waals surface area contributed by atoms with Gasteiger partial charge in [-0.2, -0.15) is 0 Å². The maximum Gasteiger partial charge on any atom is 0.254 e. The van der Waals surface area contributed by atoms with E-state index in [1.165, 1.54) is 17.7 Å². The summed E-state index contributed by atoms with van der Waals surface area (Å²) < 4.78 is 13.7. The van der Waals surface area contributed by atoms with Gasteiger partial charge in [0, 0.05) is 24.8 Å². The lowest BCUT2D eigenvalue weighted by molar-refractivity contribution is 0.0918. The molecule has 1 heterocycles. The first-order chi connectivity index (χ1) is 12.5. The molecule has 6 heteroatoms. The summed E-state index contributed by atoms with van der Waals surface area (Å²) in [6.07, 6.45) is 1.55.